The normalized spacial score (nSPS) is 26.2. The van der Waals surface area contributed by atoms with Gasteiger partial charge in [-0.05, 0) is 76.4 Å². The molecular weight excluding hydrogens is 626 g/mol. The summed E-state index contributed by atoms with van der Waals surface area (Å²) >= 11 is 0. The highest BCUT2D eigenvalue weighted by molar-refractivity contribution is 5.89. The van der Waals surface area contributed by atoms with Crippen LogP contribution < -0.4 is 20.5 Å². The lowest BCUT2D eigenvalue weighted by molar-refractivity contribution is -0.173. The van der Waals surface area contributed by atoms with Gasteiger partial charge in [0, 0.05) is 37.8 Å². The maximum atomic E-state index is 13.2. The van der Waals surface area contributed by atoms with Crippen molar-refractivity contribution in [2.45, 2.75) is 106 Å². The van der Waals surface area contributed by atoms with Gasteiger partial charge in [0.1, 0.15) is 5.76 Å². The van der Waals surface area contributed by atoms with Crippen LogP contribution in [0.15, 0.2) is 24.0 Å². The molecule has 0 aromatic heterocycles. The van der Waals surface area contributed by atoms with Crippen molar-refractivity contribution in [3.8, 4) is 11.5 Å². The number of hydrogen-bond acceptors (Lipinski definition) is 12. The molecule has 2 heterocycles. The number of carbonyl (C=O) groups excluding carboxylic acids is 4. The molecule has 5 rings (SSSR count). The van der Waals surface area contributed by atoms with Crippen LogP contribution in [0, 0.1) is 0 Å². The summed E-state index contributed by atoms with van der Waals surface area (Å²) in [6, 6.07) is 2.91. The molecule has 6 atom stereocenters. The highest BCUT2D eigenvalue weighted by atomic mass is 16.6. The molecule has 1 fully saturated rings. The highest BCUT2D eigenvalue weighted by Gasteiger charge is 2.72. The lowest BCUT2D eigenvalue weighted by Crippen LogP contribution is -2.74. The second-order valence-electron chi connectivity index (χ2n) is 13.1. The Balaban J connectivity index is 1.22. The third kappa shape index (κ3) is 6.40. The van der Waals surface area contributed by atoms with Crippen LogP contribution in [0.25, 0.3) is 0 Å². The Morgan fingerprint density at radius 1 is 1.15 bits per heavy atom. The van der Waals surface area contributed by atoms with E-state index in [1.807, 2.05) is 19.2 Å². The minimum absolute atomic E-state index is 0.0301. The Hall–Kier alpha value is -4.01. The molecule has 5 N–H and O–H groups in total. The minimum atomic E-state index is -1.82. The molecule has 262 valence electrons. The first-order valence-electron chi connectivity index (χ1n) is 16.5. The number of ketones is 1. The fourth-order valence-electron chi connectivity index (χ4n) is 7.94. The molecule has 2 bridgehead atoms. The summed E-state index contributed by atoms with van der Waals surface area (Å²) in [4.78, 5) is 64.0. The summed E-state index contributed by atoms with van der Waals surface area (Å²) in [6.45, 7) is 2.45. The zero-order valence-electron chi connectivity index (χ0n) is 27.6. The van der Waals surface area contributed by atoms with Crippen LogP contribution >= 0.6 is 0 Å². The maximum Gasteiger partial charge on any atom is 0.345 e. The summed E-state index contributed by atoms with van der Waals surface area (Å²) < 4.78 is 22.9. The predicted molar refractivity (Wildman–Crippen MR) is 169 cm³/mol. The Kier molecular flexibility index (Phi) is 10.5. The number of carbonyl (C=O) groups is 5. The fraction of sp³-hybridized carbons (Fsp3) is 0.618. The van der Waals surface area contributed by atoms with E-state index in [-0.39, 0.29) is 49.2 Å². The largest absolute Gasteiger partial charge is 0.493 e. The van der Waals surface area contributed by atoms with E-state index in [1.165, 1.54) is 14.0 Å². The second-order valence-corrected chi connectivity index (χ2v) is 13.1. The zero-order chi connectivity index (χ0) is 34.8. The zero-order valence-corrected chi connectivity index (χ0v) is 27.6. The van der Waals surface area contributed by atoms with E-state index in [1.54, 1.807) is 6.08 Å². The van der Waals surface area contributed by atoms with Crippen molar-refractivity contribution >= 4 is 29.6 Å². The van der Waals surface area contributed by atoms with E-state index in [0.717, 1.165) is 11.1 Å². The molecule has 4 aliphatic rings. The Morgan fingerprint density at radius 2 is 1.92 bits per heavy atom. The number of methoxy groups -OCH3 is 1. The van der Waals surface area contributed by atoms with Crippen molar-refractivity contribution < 1.29 is 53.1 Å². The third-order valence-corrected chi connectivity index (χ3v) is 10.2. The van der Waals surface area contributed by atoms with Crippen LogP contribution in [0.4, 0.5) is 0 Å². The quantitative estimate of drug-likeness (QED) is 0.145. The highest BCUT2D eigenvalue weighted by Crippen LogP contribution is 2.65. The molecule has 2 aliphatic carbocycles. The average Bonchev–Trinajstić information content (AvgIpc) is 3.39. The number of Topliss-reactive ketones (excluding diaryl/α,β-unsaturated/α-hetero) is 1. The molecule has 2 aliphatic heterocycles. The summed E-state index contributed by atoms with van der Waals surface area (Å²) in [5, 5.41) is 24.7. The van der Waals surface area contributed by atoms with E-state index >= 15 is 0 Å². The van der Waals surface area contributed by atoms with Gasteiger partial charge in [-0.1, -0.05) is 6.07 Å². The number of unbranched alkanes of at least 4 members (excludes halogenated alkanes) is 1. The summed E-state index contributed by atoms with van der Waals surface area (Å²) in [5.41, 5.74) is 5.27. The lowest BCUT2D eigenvalue weighted by atomic mass is 9.50. The summed E-state index contributed by atoms with van der Waals surface area (Å²) in [5.74, 6) is -2.81. The second kappa shape index (κ2) is 14.2. The number of hydrogen-bond donors (Lipinski definition) is 4. The van der Waals surface area contributed by atoms with Gasteiger partial charge in [0.15, 0.2) is 23.4 Å². The summed E-state index contributed by atoms with van der Waals surface area (Å²) in [7, 11) is 3.51. The van der Waals surface area contributed by atoms with E-state index in [9.17, 15) is 34.2 Å². The number of carboxylic acids is 1. The first-order chi connectivity index (χ1) is 22.9. The number of rotatable bonds is 16. The number of benzene rings is 1. The van der Waals surface area contributed by atoms with E-state index < -0.39 is 53.6 Å². The van der Waals surface area contributed by atoms with Gasteiger partial charge in [-0.2, -0.15) is 0 Å². The lowest BCUT2D eigenvalue weighted by Gasteiger charge is -2.61. The van der Waals surface area contributed by atoms with Crippen LogP contribution in [0.3, 0.4) is 0 Å². The number of nitrogens with zero attached hydrogens (tertiary/aromatic N) is 1. The number of aliphatic hydroxyl groups is 1. The molecule has 1 amide bonds. The standard InChI is InChI=1S/C34H45N3O11/c1-19(38)36-21(7-4-5-15-35)22(39)8-6-9-27(40)47-25(32(42)43)18-28(41)46-24-12-13-34(44)26-17-20-10-11-23(45-3)30-29(20)33(34,31(24)48-30)14-16-37(26)2/h10-12,21,25-26,31,44H,4-9,13-18,35H2,1-3H3,(H,36,38)(H,42,43)/t21-,25-,26+,31-,33-,34+/m0/s1. The molecule has 14 nitrogen and oxygen atoms in total. The minimum Gasteiger partial charge on any atom is -0.493 e. The molecule has 1 aromatic rings. The number of likely N-dealkylation sites (N-methyl/N-ethyl adjacent to an activating group) is 1. The van der Waals surface area contributed by atoms with Crippen LogP contribution in [0.1, 0.15) is 75.8 Å². The summed E-state index contributed by atoms with van der Waals surface area (Å²) in [6.07, 6.45) is 1.06. The Labute approximate surface area is 278 Å². The number of esters is 2. The third-order valence-electron chi connectivity index (χ3n) is 10.2. The maximum absolute atomic E-state index is 13.2. The molecule has 1 saturated heterocycles. The Morgan fingerprint density at radius 3 is 2.60 bits per heavy atom. The van der Waals surface area contributed by atoms with Gasteiger partial charge in [-0.3, -0.25) is 19.2 Å². The number of likely N-dealkylation sites (tertiary alicyclic amines) is 1. The van der Waals surface area contributed by atoms with E-state index in [0.29, 0.717) is 56.7 Å². The number of amides is 1. The van der Waals surface area contributed by atoms with Crippen molar-refractivity contribution in [1.82, 2.24) is 10.2 Å². The average molecular weight is 672 g/mol. The van der Waals surface area contributed by atoms with E-state index in [4.69, 9.17) is 24.7 Å². The topological polar surface area (TPSA) is 204 Å². The number of nitrogens with one attached hydrogen (secondary N) is 1. The molecule has 0 unspecified atom stereocenters. The van der Waals surface area contributed by atoms with Crippen molar-refractivity contribution in [3.05, 3.63) is 35.1 Å². The van der Waals surface area contributed by atoms with Crippen molar-refractivity contribution in [3.63, 3.8) is 0 Å². The number of ether oxygens (including phenoxy) is 4. The Bertz CT molecular complexity index is 1490. The number of piperidine rings is 1. The van der Waals surface area contributed by atoms with Crippen LogP contribution in [0.5, 0.6) is 11.5 Å². The number of nitrogens with two attached hydrogens (primary N) is 1. The fourth-order valence-corrected chi connectivity index (χ4v) is 7.94. The first-order valence-corrected chi connectivity index (χ1v) is 16.5. The van der Waals surface area contributed by atoms with Gasteiger partial charge < -0.3 is 45.1 Å². The van der Waals surface area contributed by atoms with Crippen LogP contribution in [-0.4, -0.2) is 102 Å². The van der Waals surface area contributed by atoms with Gasteiger partial charge in [0.05, 0.1) is 30.6 Å². The van der Waals surface area contributed by atoms with Gasteiger partial charge in [-0.15, -0.1) is 0 Å². The molecule has 0 saturated carbocycles. The first kappa shape index (κ1) is 35.3. The molecule has 0 radical (unpaired) electrons. The smallest absolute Gasteiger partial charge is 0.345 e. The van der Waals surface area contributed by atoms with Crippen molar-refractivity contribution in [2.24, 2.45) is 5.73 Å². The number of aliphatic carboxylic acids is 1. The SMILES string of the molecule is COc1ccc2c3c1O[C@H]1C(OC(=O)C[C@H](OC(=O)CCCC(=O)[C@H](CCCCN)NC(C)=O)C(=O)O)=CC[C@@]4(O)[C@@H](C2)N(C)CC[C@]314. The van der Waals surface area contributed by atoms with Crippen molar-refractivity contribution in [2.75, 3.05) is 27.2 Å². The van der Waals surface area contributed by atoms with Gasteiger partial charge in [-0.25, -0.2) is 4.79 Å². The number of carboxylic acid groups (broad SMARTS) is 1. The van der Waals surface area contributed by atoms with Gasteiger partial charge in [0.2, 0.25) is 12.0 Å². The van der Waals surface area contributed by atoms with Crippen LogP contribution in [0.2, 0.25) is 0 Å². The van der Waals surface area contributed by atoms with E-state index in [2.05, 4.69) is 10.2 Å². The predicted octanol–water partition coefficient (Wildman–Crippen LogP) is 1.28. The molecule has 14 heteroatoms. The van der Waals surface area contributed by atoms with Gasteiger partial charge >= 0.3 is 17.9 Å². The molecule has 1 spiro atoms. The monoisotopic (exact) mass is 671 g/mol. The van der Waals surface area contributed by atoms with Crippen molar-refractivity contribution in [1.29, 1.82) is 0 Å². The molecular formula is C34H45N3O11. The van der Waals surface area contributed by atoms with Crippen LogP contribution in [-0.2, 0) is 45.3 Å². The molecule has 48 heavy (non-hydrogen) atoms. The van der Waals surface area contributed by atoms with Gasteiger partial charge in [0.25, 0.3) is 0 Å². The molecule has 1 aromatic carbocycles.